The number of hydrogen-bond donors (Lipinski definition) is 1. The molecule has 0 atom stereocenters. The zero-order chi connectivity index (χ0) is 17.0. The van der Waals surface area contributed by atoms with Gasteiger partial charge in [0.25, 0.3) is 0 Å². The fourth-order valence-electron chi connectivity index (χ4n) is 0.720. The molecule has 0 fully saturated rings. The maximum atomic E-state index is 12.5. The smallest absolute Gasteiger partial charge is 0.281 e. The van der Waals surface area contributed by atoms with E-state index in [-0.39, 0.29) is 4.70 Å². The molecule has 0 aliphatic rings. The van der Waals surface area contributed by atoms with Crippen LogP contribution in [0.15, 0.2) is 0 Å². The first kappa shape index (κ1) is 22.4. The van der Waals surface area contributed by atoms with Crippen LogP contribution in [0.4, 0.5) is 53.0 Å². The molecule has 0 aromatic rings. The highest BCUT2D eigenvalue weighted by atomic mass is 32.2. The van der Waals surface area contributed by atoms with Crippen LogP contribution in [-0.4, -0.2) is 42.2 Å². The number of rotatable bonds is 4. The fraction of sp³-hybridized carbons (Fsp3) is 1.00. The van der Waals surface area contributed by atoms with Gasteiger partial charge in [0.1, 0.15) is 0 Å². The summed E-state index contributed by atoms with van der Waals surface area (Å²) < 4.78 is 161. The van der Waals surface area contributed by atoms with E-state index in [0.29, 0.717) is 0 Å². The van der Waals surface area contributed by atoms with E-state index in [1.807, 2.05) is 0 Å². The Bertz CT molecular complexity index is 476. The summed E-state index contributed by atoms with van der Waals surface area (Å²) in [5, 5.41) is -7.29. The van der Waals surface area contributed by atoms with Crippen LogP contribution >= 0.6 is 0 Å². The minimum absolute atomic E-state index is 0. The van der Waals surface area contributed by atoms with Crippen molar-refractivity contribution in [1.82, 2.24) is 0 Å². The highest BCUT2D eigenvalue weighted by Crippen LogP contribution is 2.58. The molecule has 3 nitrogen and oxygen atoms in total. The van der Waals surface area contributed by atoms with Gasteiger partial charge in [0.15, 0.2) is 0 Å². The predicted molar refractivity (Wildman–Crippen MR) is 39.9 cm³/mol. The Morgan fingerprint density at radius 1 is 0.619 bits per heavy atom. The van der Waals surface area contributed by atoms with Gasteiger partial charge in [-0.05, 0) is 0 Å². The molecule has 0 saturated carbocycles. The van der Waals surface area contributed by atoms with Gasteiger partial charge >= 0.3 is 39.3 Å². The number of alkyl halides is 11. The summed E-state index contributed by atoms with van der Waals surface area (Å²) in [5.41, 5.74) is 0. The van der Waals surface area contributed by atoms with E-state index in [9.17, 15) is 56.7 Å². The molecule has 0 saturated heterocycles. The summed E-state index contributed by atoms with van der Waals surface area (Å²) in [5.74, 6) is -23.3. The molecule has 0 unspecified atom stereocenters. The Morgan fingerprint density at radius 3 is 1.10 bits per heavy atom. The zero-order valence-corrected chi connectivity index (χ0v) is 9.55. The van der Waals surface area contributed by atoms with E-state index >= 15 is 0 Å². The normalized spacial score (nSPS) is 15.6. The van der Waals surface area contributed by atoms with E-state index in [1.165, 1.54) is 0 Å². The number of halogens is 12. The Morgan fingerprint density at radius 2 is 0.905 bits per heavy atom. The second-order valence-corrected chi connectivity index (χ2v) is 4.68. The lowest BCUT2D eigenvalue weighted by Gasteiger charge is -2.35. The van der Waals surface area contributed by atoms with Crippen LogP contribution in [0.3, 0.4) is 0 Å². The molecule has 0 bridgehead atoms. The Kier molecular flexibility index (Phi) is 5.39. The van der Waals surface area contributed by atoms with Crippen molar-refractivity contribution >= 4 is 10.1 Å². The second-order valence-electron chi connectivity index (χ2n) is 3.21. The molecular weight excluding hydrogens is 368 g/mol. The first-order valence-corrected chi connectivity index (χ1v) is 5.24. The lowest BCUT2D eigenvalue weighted by molar-refractivity contribution is -0.413. The summed E-state index contributed by atoms with van der Waals surface area (Å²) in [7, 11) is -7.41. The third-order valence-corrected chi connectivity index (χ3v) is 2.74. The molecule has 0 spiro atoms. The predicted octanol–water partition coefficient (Wildman–Crippen LogP) is 3.09. The van der Waals surface area contributed by atoms with Crippen molar-refractivity contribution < 1.29 is 66.0 Å². The monoisotopic (exact) mass is 370 g/mol. The van der Waals surface area contributed by atoms with Crippen molar-refractivity contribution in [2.24, 2.45) is 0 Å². The first-order valence-electron chi connectivity index (χ1n) is 3.80. The zero-order valence-electron chi connectivity index (χ0n) is 8.74. The van der Waals surface area contributed by atoms with Crippen molar-refractivity contribution in [2.75, 3.05) is 0 Å². The standard InChI is InChI=1S/C5HF11O3S.FH/c6-1(7,2(8,9)4(12,13)14)3(10,11)5(15,16)20(17,18)19;/h(H,17,18,19);1H. The average Bonchev–Trinajstić information content (AvgIpc) is 2.12. The molecular formula is C5H2F12O3S. The molecule has 130 valence electrons. The van der Waals surface area contributed by atoms with Crippen molar-refractivity contribution in [3.63, 3.8) is 0 Å². The van der Waals surface area contributed by atoms with Crippen molar-refractivity contribution in [3.8, 4) is 0 Å². The molecule has 16 heteroatoms. The minimum Gasteiger partial charge on any atom is -0.281 e. The summed E-state index contributed by atoms with van der Waals surface area (Å²) in [6.45, 7) is 0. The topological polar surface area (TPSA) is 54.4 Å². The SMILES string of the molecule is F.O=S(=O)(O)C(F)(F)C(F)(F)C(F)(F)C(F)(F)C(F)(F)F. The van der Waals surface area contributed by atoms with Gasteiger partial charge in [0, 0.05) is 0 Å². The van der Waals surface area contributed by atoms with Crippen molar-refractivity contribution in [3.05, 3.63) is 0 Å². The van der Waals surface area contributed by atoms with Crippen LogP contribution in [0.1, 0.15) is 0 Å². The van der Waals surface area contributed by atoms with Gasteiger partial charge in [-0.15, -0.1) is 0 Å². The highest BCUT2D eigenvalue weighted by Gasteiger charge is 2.89. The van der Waals surface area contributed by atoms with Crippen molar-refractivity contribution in [1.29, 1.82) is 0 Å². The highest BCUT2D eigenvalue weighted by molar-refractivity contribution is 7.87. The quantitative estimate of drug-likeness (QED) is 0.611. The number of hydrogen-bond acceptors (Lipinski definition) is 2. The molecule has 0 heterocycles. The Labute approximate surface area is 106 Å². The molecule has 21 heavy (non-hydrogen) atoms. The van der Waals surface area contributed by atoms with E-state index < -0.39 is 39.3 Å². The van der Waals surface area contributed by atoms with Crippen LogP contribution in [0.5, 0.6) is 0 Å². The summed E-state index contributed by atoms with van der Waals surface area (Å²) in [6, 6.07) is 0. The third-order valence-electron chi connectivity index (χ3n) is 1.83. The minimum atomic E-state index is -7.86. The lowest BCUT2D eigenvalue weighted by atomic mass is 10.0. The first-order chi connectivity index (χ1) is 8.25. The van der Waals surface area contributed by atoms with Gasteiger partial charge in [0.05, 0.1) is 0 Å². The van der Waals surface area contributed by atoms with Gasteiger partial charge in [-0.25, -0.2) is 0 Å². The third kappa shape index (κ3) is 2.86. The Balaban J connectivity index is 0. The van der Waals surface area contributed by atoms with Gasteiger partial charge < -0.3 is 0 Å². The molecule has 0 aromatic carbocycles. The van der Waals surface area contributed by atoms with Crippen LogP contribution in [0, 0.1) is 0 Å². The summed E-state index contributed by atoms with van der Waals surface area (Å²) in [6.07, 6.45) is -7.39. The molecule has 0 amide bonds. The molecule has 0 aromatic heterocycles. The summed E-state index contributed by atoms with van der Waals surface area (Å²) >= 11 is 0. The molecule has 0 aliphatic carbocycles. The van der Waals surface area contributed by atoms with Crippen LogP contribution in [0.25, 0.3) is 0 Å². The molecule has 1 N–H and O–H groups in total. The Hall–Kier alpha value is -0.930. The van der Waals surface area contributed by atoms with Gasteiger partial charge in [-0.3, -0.25) is 9.26 Å². The van der Waals surface area contributed by atoms with Crippen LogP contribution < -0.4 is 0 Å². The van der Waals surface area contributed by atoms with Crippen LogP contribution in [0.2, 0.25) is 0 Å². The molecule has 0 aliphatic heterocycles. The van der Waals surface area contributed by atoms with Crippen LogP contribution in [-0.2, 0) is 10.1 Å². The average molecular weight is 370 g/mol. The fourth-order valence-corrected chi connectivity index (χ4v) is 1.17. The lowest BCUT2D eigenvalue weighted by Crippen LogP contribution is -2.67. The van der Waals surface area contributed by atoms with Gasteiger partial charge in [0.2, 0.25) is 0 Å². The summed E-state index contributed by atoms with van der Waals surface area (Å²) in [4.78, 5) is 0. The van der Waals surface area contributed by atoms with Crippen molar-refractivity contribution in [2.45, 2.75) is 29.2 Å². The van der Waals surface area contributed by atoms with E-state index in [4.69, 9.17) is 4.55 Å². The van der Waals surface area contributed by atoms with Gasteiger partial charge in [-0.1, -0.05) is 0 Å². The largest absolute Gasteiger partial charge is 0.460 e. The maximum absolute atomic E-state index is 12.5. The van der Waals surface area contributed by atoms with Gasteiger partial charge in [-0.2, -0.15) is 56.7 Å². The second kappa shape index (κ2) is 5.06. The molecule has 0 radical (unpaired) electrons. The molecule has 0 rings (SSSR count). The van der Waals surface area contributed by atoms with E-state index in [2.05, 4.69) is 0 Å². The van der Waals surface area contributed by atoms with E-state index in [1.54, 1.807) is 0 Å². The maximum Gasteiger partial charge on any atom is 0.460 e. The van der Waals surface area contributed by atoms with E-state index in [0.717, 1.165) is 0 Å².